The van der Waals surface area contributed by atoms with Crippen LogP contribution in [0.5, 0.6) is 0 Å². The molecule has 0 aromatic heterocycles. The number of nitrogens with zero attached hydrogens (tertiary/aromatic N) is 2. The molecule has 1 N–H and O–H groups in total. The van der Waals surface area contributed by atoms with Crippen LogP contribution < -0.4 is 10.2 Å². The van der Waals surface area contributed by atoms with Gasteiger partial charge in [0.15, 0.2) is 0 Å². The average molecular weight is 440 g/mol. The van der Waals surface area contributed by atoms with Gasteiger partial charge in [-0.15, -0.1) is 0 Å². The quantitative estimate of drug-likeness (QED) is 0.688. The Labute approximate surface area is 189 Å². The minimum atomic E-state index is -0.276. The number of nitrogens with one attached hydrogen (secondary N) is 1. The molecule has 0 saturated carbocycles. The summed E-state index contributed by atoms with van der Waals surface area (Å²) in [7, 11) is 0. The minimum absolute atomic E-state index is 0.0568. The van der Waals surface area contributed by atoms with Crippen LogP contribution in [0.4, 0.5) is 11.4 Å². The molecule has 2 aromatic carbocycles. The van der Waals surface area contributed by atoms with Crippen LogP contribution in [0, 0.1) is 5.92 Å². The Balaban J connectivity index is 1.62. The van der Waals surface area contributed by atoms with Crippen LogP contribution in [-0.2, 0) is 0 Å². The van der Waals surface area contributed by atoms with Crippen molar-refractivity contribution in [2.24, 2.45) is 5.92 Å². The van der Waals surface area contributed by atoms with Crippen LogP contribution in [0.1, 0.15) is 59.7 Å². The zero-order chi connectivity index (χ0) is 21.8. The van der Waals surface area contributed by atoms with E-state index in [1.54, 1.807) is 24.3 Å². The molecule has 5 nitrogen and oxygen atoms in total. The fourth-order valence-electron chi connectivity index (χ4n) is 4.42. The van der Waals surface area contributed by atoms with Gasteiger partial charge >= 0.3 is 0 Å². The van der Waals surface area contributed by atoms with Crippen LogP contribution >= 0.6 is 11.6 Å². The van der Waals surface area contributed by atoms with Crippen molar-refractivity contribution in [2.45, 2.75) is 39.0 Å². The number of hydrogen-bond donors (Lipinski definition) is 1. The third-order valence-corrected chi connectivity index (χ3v) is 6.70. The molecule has 2 saturated heterocycles. The number of carbonyl (C=O) groups excluding carboxylic acids is 2. The van der Waals surface area contributed by atoms with Gasteiger partial charge in [-0.1, -0.05) is 30.7 Å². The number of likely N-dealkylation sites (tertiary alicyclic amines) is 1. The number of carbonyl (C=O) groups is 2. The molecule has 2 amide bonds. The first kappa shape index (κ1) is 21.7. The maximum atomic E-state index is 13.5. The summed E-state index contributed by atoms with van der Waals surface area (Å²) in [6.45, 7) is 5.74. The number of piperidine rings is 2. The van der Waals surface area contributed by atoms with Gasteiger partial charge < -0.3 is 15.1 Å². The Morgan fingerprint density at radius 2 is 1.65 bits per heavy atom. The Bertz CT molecular complexity index is 948. The van der Waals surface area contributed by atoms with Crippen molar-refractivity contribution in [3.63, 3.8) is 0 Å². The van der Waals surface area contributed by atoms with E-state index in [9.17, 15) is 9.59 Å². The summed E-state index contributed by atoms with van der Waals surface area (Å²) in [5.74, 6) is 0.440. The molecule has 0 aliphatic carbocycles. The molecule has 2 aliphatic rings. The lowest BCUT2D eigenvalue weighted by atomic mass is 9.98. The molecule has 0 radical (unpaired) electrons. The number of halogens is 1. The van der Waals surface area contributed by atoms with Crippen LogP contribution in [0.25, 0.3) is 0 Å². The highest BCUT2D eigenvalue weighted by Crippen LogP contribution is 2.30. The van der Waals surface area contributed by atoms with Crippen molar-refractivity contribution in [3.8, 4) is 0 Å². The van der Waals surface area contributed by atoms with Crippen LogP contribution in [0.15, 0.2) is 42.5 Å². The summed E-state index contributed by atoms with van der Waals surface area (Å²) in [5.41, 5.74) is 2.68. The van der Waals surface area contributed by atoms with Gasteiger partial charge in [-0.25, -0.2) is 0 Å². The lowest BCUT2D eigenvalue weighted by Gasteiger charge is -2.34. The van der Waals surface area contributed by atoms with Crippen LogP contribution in [0.2, 0.25) is 5.02 Å². The summed E-state index contributed by atoms with van der Waals surface area (Å²) >= 11 is 6.18. The van der Waals surface area contributed by atoms with E-state index >= 15 is 0 Å². The highest BCUT2D eigenvalue weighted by molar-refractivity contribution is 6.34. The van der Waals surface area contributed by atoms with Gasteiger partial charge in [-0.2, -0.15) is 0 Å². The van der Waals surface area contributed by atoms with Gasteiger partial charge in [0, 0.05) is 37.6 Å². The van der Waals surface area contributed by atoms with Crippen LogP contribution in [-0.4, -0.2) is 42.9 Å². The standard InChI is InChI=1S/C25H30ClN3O2/c1-18-11-15-29(16-12-18)25(31)21-17-19(9-10-23(21)28-13-5-2-6-14-28)27-24(30)20-7-3-4-8-22(20)26/h3-4,7-10,17-18H,2,5-6,11-16H2,1H3,(H,27,30). The van der Waals surface area contributed by atoms with Gasteiger partial charge in [0.2, 0.25) is 0 Å². The van der Waals surface area contributed by atoms with Crippen molar-refractivity contribution in [1.29, 1.82) is 0 Å². The SMILES string of the molecule is CC1CCN(C(=O)c2cc(NC(=O)c3ccccc3Cl)ccc2N2CCCCC2)CC1. The zero-order valence-corrected chi connectivity index (χ0v) is 18.8. The molecule has 4 rings (SSSR count). The second-order valence-corrected chi connectivity index (χ2v) is 9.10. The number of benzene rings is 2. The Morgan fingerprint density at radius 1 is 0.935 bits per heavy atom. The normalized spacial score (nSPS) is 17.5. The molecule has 31 heavy (non-hydrogen) atoms. The molecule has 164 valence electrons. The molecule has 2 aromatic rings. The van der Waals surface area contributed by atoms with E-state index < -0.39 is 0 Å². The monoisotopic (exact) mass is 439 g/mol. The molecule has 6 heteroatoms. The fourth-order valence-corrected chi connectivity index (χ4v) is 4.64. The van der Waals surface area contributed by atoms with Crippen molar-refractivity contribution < 1.29 is 9.59 Å². The van der Waals surface area contributed by atoms with E-state index in [1.165, 1.54) is 6.42 Å². The summed E-state index contributed by atoms with van der Waals surface area (Å²) in [6.07, 6.45) is 5.58. The van der Waals surface area contributed by atoms with Gasteiger partial charge in [-0.3, -0.25) is 9.59 Å². The minimum Gasteiger partial charge on any atom is -0.371 e. The molecule has 0 spiro atoms. The Kier molecular flexibility index (Phi) is 6.81. The third kappa shape index (κ3) is 5.04. The maximum Gasteiger partial charge on any atom is 0.257 e. The van der Waals surface area contributed by atoms with E-state index in [0.717, 1.165) is 57.5 Å². The Morgan fingerprint density at radius 3 is 2.35 bits per heavy atom. The number of amides is 2. The third-order valence-electron chi connectivity index (χ3n) is 6.37. The molecular weight excluding hydrogens is 410 g/mol. The highest BCUT2D eigenvalue weighted by atomic mass is 35.5. The number of anilines is 2. The van der Waals surface area contributed by atoms with Crippen molar-refractivity contribution in [3.05, 3.63) is 58.6 Å². The van der Waals surface area contributed by atoms with E-state index in [1.807, 2.05) is 23.1 Å². The van der Waals surface area contributed by atoms with Crippen molar-refractivity contribution in [2.75, 3.05) is 36.4 Å². The predicted molar refractivity (Wildman–Crippen MR) is 126 cm³/mol. The van der Waals surface area contributed by atoms with E-state index in [2.05, 4.69) is 17.1 Å². The number of hydrogen-bond acceptors (Lipinski definition) is 3. The summed E-state index contributed by atoms with van der Waals surface area (Å²) in [6, 6.07) is 12.7. The number of rotatable bonds is 4. The molecule has 0 bridgehead atoms. The van der Waals surface area contributed by atoms with Gasteiger partial charge in [-0.05, 0) is 68.4 Å². The fraction of sp³-hybridized carbons (Fsp3) is 0.440. The van der Waals surface area contributed by atoms with E-state index in [0.29, 0.717) is 27.8 Å². The first-order valence-corrected chi connectivity index (χ1v) is 11.6. The molecule has 0 unspecified atom stereocenters. The second kappa shape index (κ2) is 9.73. The maximum absolute atomic E-state index is 13.5. The smallest absolute Gasteiger partial charge is 0.257 e. The molecule has 0 atom stereocenters. The van der Waals surface area contributed by atoms with E-state index in [-0.39, 0.29) is 11.8 Å². The summed E-state index contributed by atoms with van der Waals surface area (Å²) in [4.78, 5) is 30.5. The largest absolute Gasteiger partial charge is 0.371 e. The lowest BCUT2D eigenvalue weighted by Crippen LogP contribution is -2.39. The lowest BCUT2D eigenvalue weighted by molar-refractivity contribution is 0.0697. The second-order valence-electron chi connectivity index (χ2n) is 8.69. The molecule has 2 aliphatic heterocycles. The zero-order valence-electron chi connectivity index (χ0n) is 18.1. The van der Waals surface area contributed by atoms with Gasteiger partial charge in [0.25, 0.3) is 11.8 Å². The molecule has 2 fully saturated rings. The molecular formula is C25H30ClN3O2. The Hall–Kier alpha value is -2.53. The van der Waals surface area contributed by atoms with Crippen molar-refractivity contribution in [1.82, 2.24) is 4.90 Å². The average Bonchev–Trinajstić information content (AvgIpc) is 2.80. The van der Waals surface area contributed by atoms with Crippen LogP contribution in [0.3, 0.4) is 0 Å². The topological polar surface area (TPSA) is 52.7 Å². The summed E-state index contributed by atoms with van der Waals surface area (Å²) < 4.78 is 0. The highest BCUT2D eigenvalue weighted by Gasteiger charge is 2.26. The first-order chi connectivity index (χ1) is 15.0. The van der Waals surface area contributed by atoms with Gasteiger partial charge in [0.1, 0.15) is 0 Å². The first-order valence-electron chi connectivity index (χ1n) is 11.3. The van der Waals surface area contributed by atoms with E-state index in [4.69, 9.17) is 11.6 Å². The van der Waals surface area contributed by atoms with Crippen molar-refractivity contribution >= 4 is 34.8 Å². The summed E-state index contributed by atoms with van der Waals surface area (Å²) in [5, 5.41) is 3.33. The predicted octanol–water partition coefficient (Wildman–Crippen LogP) is 5.45. The molecule has 2 heterocycles. The van der Waals surface area contributed by atoms with Gasteiger partial charge in [0.05, 0.1) is 16.1 Å².